The molecular formula is C17H23N3O5. The number of fused-ring (bicyclic) bond motifs is 1. The lowest BCUT2D eigenvalue weighted by atomic mass is 10.1. The van der Waals surface area contributed by atoms with E-state index in [2.05, 4.69) is 0 Å². The minimum absolute atomic E-state index is 0.0660. The monoisotopic (exact) mass is 349 g/mol. The standard InChI is InChI=1S/C17H23N3O5/c1-23-14-4-3-12(9-15(14)24-8-2-5-18)16(21)19-6-7-20-13(10-19)11-25-17(20)22/h3-4,9,13H,2,5-8,10-11,18H2,1H3/t13-/m1/s1. The molecule has 1 aromatic rings. The Kier molecular flexibility index (Phi) is 5.28. The molecule has 1 aromatic carbocycles. The average Bonchev–Trinajstić information content (AvgIpc) is 3.01. The number of nitrogens with zero attached hydrogens (tertiary/aromatic N) is 2. The topological polar surface area (TPSA) is 94.3 Å². The Morgan fingerprint density at radius 3 is 2.96 bits per heavy atom. The van der Waals surface area contributed by atoms with Crippen LogP contribution in [0.3, 0.4) is 0 Å². The Morgan fingerprint density at radius 2 is 2.20 bits per heavy atom. The second-order valence-electron chi connectivity index (χ2n) is 6.03. The van der Waals surface area contributed by atoms with Gasteiger partial charge in [0, 0.05) is 25.2 Å². The van der Waals surface area contributed by atoms with E-state index < -0.39 is 0 Å². The highest BCUT2D eigenvalue weighted by molar-refractivity contribution is 5.95. The van der Waals surface area contributed by atoms with E-state index in [4.69, 9.17) is 19.9 Å². The largest absolute Gasteiger partial charge is 0.493 e. The third-order valence-electron chi connectivity index (χ3n) is 4.42. The van der Waals surface area contributed by atoms with Crippen molar-refractivity contribution < 1.29 is 23.8 Å². The third kappa shape index (κ3) is 3.63. The number of hydrogen-bond acceptors (Lipinski definition) is 6. The number of methoxy groups -OCH3 is 1. The molecule has 0 aromatic heterocycles. The van der Waals surface area contributed by atoms with E-state index in [-0.39, 0.29) is 18.0 Å². The lowest BCUT2D eigenvalue weighted by molar-refractivity contribution is 0.0616. The van der Waals surface area contributed by atoms with Gasteiger partial charge < -0.3 is 24.8 Å². The molecule has 0 aliphatic carbocycles. The van der Waals surface area contributed by atoms with Crippen LogP contribution in [-0.2, 0) is 4.74 Å². The van der Waals surface area contributed by atoms with Crippen molar-refractivity contribution in [2.75, 3.05) is 46.5 Å². The molecule has 2 saturated heterocycles. The van der Waals surface area contributed by atoms with Gasteiger partial charge in [0.05, 0.1) is 19.8 Å². The van der Waals surface area contributed by atoms with Crippen LogP contribution in [0.25, 0.3) is 0 Å². The Labute approximate surface area is 146 Å². The molecule has 3 rings (SSSR count). The fourth-order valence-electron chi connectivity index (χ4n) is 3.04. The van der Waals surface area contributed by atoms with Crippen LogP contribution in [0, 0.1) is 0 Å². The van der Waals surface area contributed by atoms with E-state index >= 15 is 0 Å². The van der Waals surface area contributed by atoms with Gasteiger partial charge in [-0.15, -0.1) is 0 Å². The van der Waals surface area contributed by atoms with E-state index in [9.17, 15) is 9.59 Å². The van der Waals surface area contributed by atoms with Gasteiger partial charge in [0.1, 0.15) is 6.61 Å². The average molecular weight is 349 g/mol. The van der Waals surface area contributed by atoms with Crippen molar-refractivity contribution in [2.45, 2.75) is 12.5 Å². The molecule has 2 fully saturated rings. The SMILES string of the molecule is COc1ccc(C(=O)N2CCN3C(=O)OC[C@H]3C2)cc1OCCCN. The summed E-state index contributed by atoms with van der Waals surface area (Å²) in [5.41, 5.74) is 6.01. The lowest BCUT2D eigenvalue weighted by Crippen LogP contribution is -2.53. The lowest BCUT2D eigenvalue weighted by Gasteiger charge is -2.35. The summed E-state index contributed by atoms with van der Waals surface area (Å²) in [5.74, 6) is 1.01. The molecule has 0 bridgehead atoms. The normalized spacial score (nSPS) is 19.4. The number of rotatable bonds is 6. The van der Waals surface area contributed by atoms with Crippen LogP contribution >= 0.6 is 0 Å². The molecule has 0 saturated carbocycles. The number of ether oxygens (including phenoxy) is 3. The predicted octanol–water partition coefficient (Wildman–Crippen LogP) is 0.699. The van der Waals surface area contributed by atoms with E-state index in [0.29, 0.717) is 56.5 Å². The van der Waals surface area contributed by atoms with Gasteiger partial charge >= 0.3 is 6.09 Å². The third-order valence-corrected chi connectivity index (χ3v) is 4.42. The number of carbonyl (C=O) groups excluding carboxylic acids is 2. The first kappa shape index (κ1) is 17.3. The number of hydrogen-bond donors (Lipinski definition) is 1. The number of piperazine rings is 1. The first-order chi connectivity index (χ1) is 12.1. The molecule has 25 heavy (non-hydrogen) atoms. The summed E-state index contributed by atoms with van der Waals surface area (Å²) in [4.78, 5) is 27.8. The summed E-state index contributed by atoms with van der Waals surface area (Å²) in [6.07, 6.45) is 0.427. The molecule has 8 heteroatoms. The van der Waals surface area contributed by atoms with Crippen molar-refractivity contribution in [3.05, 3.63) is 23.8 Å². The fraction of sp³-hybridized carbons (Fsp3) is 0.529. The minimum atomic E-state index is -0.294. The second-order valence-corrected chi connectivity index (χ2v) is 6.03. The predicted molar refractivity (Wildman–Crippen MR) is 89.9 cm³/mol. The maximum atomic E-state index is 12.8. The molecule has 2 heterocycles. The van der Waals surface area contributed by atoms with Crippen LogP contribution in [0.5, 0.6) is 11.5 Å². The van der Waals surface area contributed by atoms with Crippen LogP contribution in [0.4, 0.5) is 4.79 Å². The molecule has 136 valence electrons. The van der Waals surface area contributed by atoms with Gasteiger partial charge in [-0.25, -0.2) is 4.79 Å². The van der Waals surface area contributed by atoms with Crippen LogP contribution in [0.15, 0.2) is 18.2 Å². The summed E-state index contributed by atoms with van der Waals surface area (Å²) in [6, 6.07) is 5.08. The quantitative estimate of drug-likeness (QED) is 0.760. The van der Waals surface area contributed by atoms with Gasteiger partial charge in [0.2, 0.25) is 0 Å². The first-order valence-corrected chi connectivity index (χ1v) is 8.37. The van der Waals surface area contributed by atoms with Crippen molar-refractivity contribution in [1.29, 1.82) is 0 Å². The Morgan fingerprint density at radius 1 is 1.36 bits per heavy atom. The molecule has 2 N–H and O–H groups in total. The summed E-state index contributed by atoms with van der Waals surface area (Å²) in [6.45, 7) is 2.78. The number of benzene rings is 1. The van der Waals surface area contributed by atoms with Gasteiger partial charge in [-0.05, 0) is 31.2 Å². The van der Waals surface area contributed by atoms with Crippen LogP contribution in [-0.4, -0.2) is 74.3 Å². The first-order valence-electron chi connectivity index (χ1n) is 8.37. The maximum Gasteiger partial charge on any atom is 0.410 e. The Bertz CT molecular complexity index is 651. The zero-order valence-corrected chi connectivity index (χ0v) is 14.3. The van der Waals surface area contributed by atoms with E-state index in [1.54, 1.807) is 35.1 Å². The molecular weight excluding hydrogens is 326 g/mol. The van der Waals surface area contributed by atoms with Crippen LogP contribution in [0.2, 0.25) is 0 Å². The second kappa shape index (κ2) is 7.60. The number of carbonyl (C=O) groups is 2. The maximum absolute atomic E-state index is 12.8. The zero-order valence-electron chi connectivity index (χ0n) is 14.3. The van der Waals surface area contributed by atoms with Gasteiger partial charge in [0.25, 0.3) is 5.91 Å². The molecule has 2 aliphatic rings. The van der Waals surface area contributed by atoms with Gasteiger partial charge in [-0.1, -0.05) is 0 Å². The number of cyclic esters (lactones) is 1. The smallest absolute Gasteiger partial charge is 0.410 e. The summed E-state index contributed by atoms with van der Waals surface area (Å²) in [5, 5.41) is 0. The number of nitrogens with two attached hydrogens (primary N) is 1. The fourth-order valence-corrected chi connectivity index (χ4v) is 3.04. The Balaban J connectivity index is 1.71. The van der Waals surface area contributed by atoms with Crippen LogP contribution in [0.1, 0.15) is 16.8 Å². The van der Waals surface area contributed by atoms with E-state index in [1.807, 2.05) is 0 Å². The summed E-state index contributed by atoms with van der Waals surface area (Å²) in [7, 11) is 1.56. The highest BCUT2D eigenvalue weighted by Gasteiger charge is 2.38. The number of amides is 2. The van der Waals surface area contributed by atoms with Crippen molar-refractivity contribution in [3.63, 3.8) is 0 Å². The molecule has 2 aliphatic heterocycles. The van der Waals surface area contributed by atoms with E-state index in [1.165, 1.54) is 0 Å². The van der Waals surface area contributed by atoms with Gasteiger partial charge in [0.15, 0.2) is 11.5 Å². The van der Waals surface area contributed by atoms with Gasteiger partial charge in [-0.3, -0.25) is 9.69 Å². The molecule has 2 amide bonds. The summed E-state index contributed by atoms with van der Waals surface area (Å²) >= 11 is 0. The Hall–Kier alpha value is -2.48. The molecule has 0 spiro atoms. The molecule has 1 atom stereocenters. The van der Waals surface area contributed by atoms with Crippen molar-refractivity contribution >= 4 is 12.0 Å². The molecule has 8 nitrogen and oxygen atoms in total. The highest BCUT2D eigenvalue weighted by Crippen LogP contribution is 2.29. The zero-order chi connectivity index (χ0) is 17.8. The molecule has 0 unspecified atom stereocenters. The molecule has 0 radical (unpaired) electrons. The van der Waals surface area contributed by atoms with Gasteiger partial charge in [-0.2, -0.15) is 0 Å². The summed E-state index contributed by atoms with van der Waals surface area (Å²) < 4.78 is 16.0. The highest BCUT2D eigenvalue weighted by atomic mass is 16.6. The van der Waals surface area contributed by atoms with Crippen molar-refractivity contribution in [2.24, 2.45) is 5.73 Å². The van der Waals surface area contributed by atoms with Crippen molar-refractivity contribution in [1.82, 2.24) is 9.80 Å². The minimum Gasteiger partial charge on any atom is -0.493 e. The van der Waals surface area contributed by atoms with Crippen LogP contribution < -0.4 is 15.2 Å². The van der Waals surface area contributed by atoms with Crippen molar-refractivity contribution in [3.8, 4) is 11.5 Å². The van der Waals surface area contributed by atoms with E-state index in [0.717, 1.165) is 6.42 Å².